The van der Waals surface area contributed by atoms with E-state index in [1.165, 1.54) is 48.5 Å². The Morgan fingerprint density at radius 3 is 0.970 bits per heavy atom. The summed E-state index contributed by atoms with van der Waals surface area (Å²) in [6.45, 7) is 0. The molecule has 2 unspecified atom stereocenters. The SMILES string of the molecule is O=P([O-])([O-])CP(=O)([O-])Oc1ccccc1.O=P([O-])([O-])CP(=O)([O-])Oc1ccccc1.[Pb+2].[Pb+2].[Pb+2]. The van der Waals surface area contributed by atoms with Crippen LogP contribution in [0.15, 0.2) is 60.7 Å². The molecule has 2 atom stereocenters. The second-order valence-corrected chi connectivity index (χ2v) is 13.1. The van der Waals surface area contributed by atoms with Gasteiger partial charge in [0.1, 0.15) is 11.5 Å². The summed E-state index contributed by atoms with van der Waals surface area (Å²) >= 11 is 0. The van der Waals surface area contributed by atoms with E-state index in [9.17, 15) is 47.6 Å². The van der Waals surface area contributed by atoms with Crippen molar-refractivity contribution in [2.24, 2.45) is 0 Å². The van der Waals surface area contributed by atoms with Crippen molar-refractivity contribution in [2.75, 3.05) is 11.8 Å². The molecule has 0 bridgehead atoms. The molecule has 6 radical (unpaired) electrons. The molecule has 19 heteroatoms. The number of hydrogen-bond donors (Lipinski definition) is 0. The molecule has 0 aliphatic carbocycles. The zero-order valence-electron chi connectivity index (χ0n) is 16.4. The average Bonchev–Trinajstić information content (AvgIpc) is 2.51. The fourth-order valence-electron chi connectivity index (χ4n) is 1.77. The van der Waals surface area contributed by atoms with E-state index in [2.05, 4.69) is 9.05 Å². The van der Waals surface area contributed by atoms with Crippen molar-refractivity contribution in [3.05, 3.63) is 60.7 Å². The second-order valence-electron chi connectivity index (χ2n) is 5.54. The van der Waals surface area contributed by atoms with E-state index in [0.29, 0.717) is 0 Å². The summed E-state index contributed by atoms with van der Waals surface area (Å²) in [4.78, 5) is 63.1. The van der Waals surface area contributed by atoms with E-state index >= 15 is 0 Å². The summed E-state index contributed by atoms with van der Waals surface area (Å²) in [5.41, 5.74) is 0. The molecule has 0 saturated heterocycles. The van der Waals surface area contributed by atoms with Gasteiger partial charge in [-0.05, 0) is 24.3 Å². The Kier molecular flexibility index (Phi) is 20.2. The number of hydrogen-bond acceptors (Lipinski definition) is 12. The summed E-state index contributed by atoms with van der Waals surface area (Å²) in [7, 11) is -19.6. The van der Waals surface area contributed by atoms with Gasteiger partial charge in [-0.25, -0.2) is 0 Å². The quantitative estimate of drug-likeness (QED) is 0.204. The monoisotopic (exact) mass is 1120 g/mol. The van der Waals surface area contributed by atoms with Gasteiger partial charge in [0, 0.05) is 0 Å². The van der Waals surface area contributed by atoms with Gasteiger partial charge in [0.2, 0.25) is 0 Å². The smallest absolute Gasteiger partial charge is 0.810 e. The minimum Gasteiger partial charge on any atom is -0.810 e. The summed E-state index contributed by atoms with van der Waals surface area (Å²) in [6.07, 6.45) is 0. The third kappa shape index (κ3) is 21.3. The Labute approximate surface area is 250 Å². The molecule has 33 heavy (non-hydrogen) atoms. The molecule has 0 fully saturated rings. The minimum absolute atomic E-state index is 0. The third-order valence-corrected chi connectivity index (χ3v) is 9.19. The van der Waals surface area contributed by atoms with Gasteiger partial charge in [0.15, 0.2) is 15.2 Å². The Bertz CT molecular complexity index is 918. The standard InChI is InChI=1S/2C7H10O6P2.3Pb/c2*8-14(9,10)6-15(11,12)13-7-4-2-1-3-5-7;;;/h2*1-5H,6H2,(H,11,12)(H2,8,9,10);;;/q;;3*+2/p-6. The van der Waals surface area contributed by atoms with Crippen LogP contribution >= 0.6 is 30.4 Å². The van der Waals surface area contributed by atoms with Crippen molar-refractivity contribution in [2.45, 2.75) is 0 Å². The molecule has 12 nitrogen and oxygen atoms in total. The molecule has 0 N–H and O–H groups in total. The number of para-hydroxylation sites is 2. The van der Waals surface area contributed by atoms with Crippen LogP contribution in [0.3, 0.4) is 0 Å². The Morgan fingerprint density at radius 2 is 0.758 bits per heavy atom. The van der Waals surface area contributed by atoms with Gasteiger partial charge in [-0.15, -0.1) is 0 Å². The topological polar surface area (TPSA) is 225 Å². The van der Waals surface area contributed by atoms with Gasteiger partial charge in [0.05, 0.1) is 11.8 Å². The molecular formula is C14H14O12P4Pb3. The van der Waals surface area contributed by atoms with E-state index in [1.807, 2.05) is 0 Å². The van der Waals surface area contributed by atoms with Gasteiger partial charge >= 0.3 is 81.9 Å². The fourth-order valence-corrected chi connectivity index (χ4v) is 6.51. The molecule has 0 spiro atoms. The van der Waals surface area contributed by atoms with Crippen LogP contribution in [-0.4, -0.2) is 93.7 Å². The molecule has 2 rings (SSSR count). The molecular weight excluding hydrogens is 1110 g/mol. The van der Waals surface area contributed by atoms with Crippen molar-refractivity contribution in [3.8, 4) is 11.5 Å². The maximum absolute atomic E-state index is 11.0. The van der Waals surface area contributed by atoms with Crippen LogP contribution in [0.25, 0.3) is 0 Å². The predicted octanol–water partition coefficient (Wildman–Crippen LogP) is -2.16. The van der Waals surface area contributed by atoms with Crippen LogP contribution in [0.4, 0.5) is 0 Å². The predicted molar refractivity (Wildman–Crippen MR) is 112 cm³/mol. The normalized spacial score (nSPS) is 14.2. The fraction of sp³-hybridized carbons (Fsp3) is 0.143. The first-order chi connectivity index (χ1) is 13.6. The van der Waals surface area contributed by atoms with Crippen LogP contribution < -0.4 is 38.4 Å². The molecule has 0 heterocycles. The Morgan fingerprint density at radius 1 is 0.515 bits per heavy atom. The Balaban J connectivity index is -0.000000500. The Hall–Kier alpha value is 1.49. The molecule has 0 aliphatic rings. The van der Waals surface area contributed by atoms with Crippen molar-refractivity contribution >= 4 is 112 Å². The zero-order chi connectivity index (χ0) is 23.1. The molecule has 0 amide bonds. The van der Waals surface area contributed by atoms with E-state index in [4.69, 9.17) is 0 Å². The van der Waals surface area contributed by atoms with Gasteiger partial charge < -0.3 is 47.5 Å². The summed E-state index contributed by atoms with van der Waals surface area (Å²) < 4.78 is 51.4. The maximum Gasteiger partial charge on any atom is 2.00 e. The molecule has 2 aromatic rings. The first-order valence-corrected chi connectivity index (χ1v) is 14.6. The van der Waals surface area contributed by atoms with Crippen molar-refractivity contribution in [1.82, 2.24) is 0 Å². The first kappa shape index (κ1) is 39.0. The number of benzene rings is 2. The molecule has 2 aromatic carbocycles. The molecule has 0 aromatic heterocycles. The van der Waals surface area contributed by atoms with E-state index in [0.717, 1.165) is 0 Å². The van der Waals surface area contributed by atoms with Gasteiger partial charge in [0.25, 0.3) is 0 Å². The van der Waals surface area contributed by atoms with E-state index < -0.39 is 42.2 Å². The number of rotatable bonds is 8. The van der Waals surface area contributed by atoms with Crippen LogP contribution in [-0.2, 0) is 18.3 Å². The van der Waals surface area contributed by atoms with Gasteiger partial charge in [-0.2, -0.15) is 0 Å². The summed E-state index contributed by atoms with van der Waals surface area (Å²) in [5, 5.41) is 0. The maximum atomic E-state index is 11.0. The first-order valence-electron chi connectivity index (χ1n) is 7.69. The van der Waals surface area contributed by atoms with Crippen LogP contribution in [0.5, 0.6) is 11.5 Å². The van der Waals surface area contributed by atoms with E-state index in [-0.39, 0.29) is 93.4 Å². The van der Waals surface area contributed by atoms with Crippen molar-refractivity contribution in [3.63, 3.8) is 0 Å². The van der Waals surface area contributed by atoms with Crippen LogP contribution in [0.2, 0.25) is 0 Å². The third-order valence-electron chi connectivity index (χ3n) is 2.67. The summed E-state index contributed by atoms with van der Waals surface area (Å²) in [6, 6.07) is 14.7. The minimum atomic E-state index is -5.12. The van der Waals surface area contributed by atoms with Gasteiger partial charge in [-0.1, -0.05) is 51.6 Å². The molecule has 0 saturated carbocycles. The largest absolute Gasteiger partial charge is 2.00 e. The van der Waals surface area contributed by atoms with E-state index in [1.54, 1.807) is 12.1 Å². The van der Waals surface area contributed by atoms with Crippen LogP contribution in [0.1, 0.15) is 0 Å². The summed E-state index contributed by atoms with van der Waals surface area (Å²) in [5.74, 6) is -3.09. The molecule has 174 valence electrons. The molecule has 0 aliphatic heterocycles. The zero-order valence-corrected chi connectivity index (χ0v) is 31.6. The average molecular weight is 1120 g/mol. The van der Waals surface area contributed by atoms with Gasteiger partial charge in [-0.3, -0.25) is 9.13 Å². The van der Waals surface area contributed by atoms with Crippen molar-refractivity contribution in [1.29, 1.82) is 0 Å². The van der Waals surface area contributed by atoms with Crippen LogP contribution in [0, 0.1) is 0 Å². The second kappa shape index (κ2) is 17.1. The van der Waals surface area contributed by atoms with Crippen molar-refractivity contribution < 1.29 is 56.7 Å².